The molecule has 0 bridgehead atoms. The number of amides is 1. The lowest BCUT2D eigenvalue weighted by atomic mass is 9.82. The minimum Gasteiger partial charge on any atom is -0.450 e. The summed E-state index contributed by atoms with van der Waals surface area (Å²) in [6.45, 7) is 5.97. The van der Waals surface area contributed by atoms with E-state index < -0.39 is 23.3 Å². The van der Waals surface area contributed by atoms with E-state index >= 15 is 0 Å². The molecule has 1 aromatic carbocycles. The highest BCUT2D eigenvalue weighted by Gasteiger charge is 2.52. The van der Waals surface area contributed by atoms with Crippen molar-refractivity contribution in [1.29, 1.82) is 0 Å². The topological polar surface area (TPSA) is 53.1 Å². The van der Waals surface area contributed by atoms with E-state index in [0.717, 1.165) is 37.7 Å². The zero-order valence-electron chi connectivity index (χ0n) is 20.8. The number of hydrogen-bond donors (Lipinski definition) is 0. The largest absolute Gasteiger partial charge is 0.450 e. The Hall–Kier alpha value is -2.55. The molecule has 3 aliphatic heterocycles. The molecule has 0 aromatic heterocycles. The van der Waals surface area contributed by atoms with Gasteiger partial charge in [0.15, 0.2) is 0 Å². The van der Waals surface area contributed by atoms with Gasteiger partial charge in [0.1, 0.15) is 5.60 Å². The molecule has 1 aromatic rings. The molecule has 196 valence electrons. The van der Waals surface area contributed by atoms with Crippen molar-refractivity contribution >= 4 is 17.6 Å². The van der Waals surface area contributed by atoms with E-state index in [4.69, 9.17) is 4.74 Å². The highest BCUT2D eigenvalue weighted by Crippen LogP contribution is 2.42. The number of rotatable bonds is 4. The SMILES string of the molecule is CC1=C(C(=O)N2CCN(c3cccc(C(F)(F)F)c3)CC2)C2(CCN(CC3CCCC3)CC2)OC1=O. The van der Waals surface area contributed by atoms with Crippen LogP contribution in [-0.2, 0) is 20.5 Å². The van der Waals surface area contributed by atoms with Crippen molar-refractivity contribution in [3.05, 3.63) is 41.0 Å². The number of piperazine rings is 1. The van der Waals surface area contributed by atoms with Gasteiger partial charge in [0.05, 0.1) is 11.1 Å². The van der Waals surface area contributed by atoms with Gasteiger partial charge in [-0.2, -0.15) is 13.2 Å². The predicted octanol–water partition coefficient (Wildman–Crippen LogP) is 4.25. The van der Waals surface area contributed by atoms with Crippen molar-refractivity contribution in [2.45, 2.75) is 57.2 Å². The summed E-state index contributed by atoms with van der Waals surface area (Å²) in [6, 6.07) is 5.29. The van der Waals surface area contributed by atoms with E-state index in [0.29, 0.717) is 55.9 Å². The second-order valence-electron chi connectivity index (χ2n) is 10.7. The van der Waals surface area contributed by atoms with Crippen LogP contribution in [0.3, 0.4) is 0 Å². The summed E-state index contributed by atoms with van der Waals surface area (Å²) >= 11 is 0. The van der Waals surface area contributed by atoms with E-state index in [1.54, 1.807) is 17.9 Å². The van der Waals surface area contributed by atoms with Crippen LogP contribution < -0.4 is 4.90 Å². The predicted molar refractivity (Wildman–Crippen MR) is 129 cm³/mol. The maximum atomic E-state index is 13.7. The number of piperidine rings is 1. The molecule has 6 nitrogen and oxygen atoms in total. The number of likely N-dealkylation sites (tertiary alicyclic amines) is 1. The van der Waals surface area contributed by atoms with Gasteiger partial charge in [-0.15, -0.1) is 0 Å². The maximum Gasteiger partial charge on any atom is 0.416 e. The fraction of sp³-hybridized carbons (Fsp3) is 0.630. The van der Waals surface area contributed by atoms with E-state index in [1.807, 2.05) is 4.90 Å². The molecule has 0 radical (unpaired) electrons. The highest BCUT2D eigenvalue weighted by atomic mass is 19.4. The second-order valence-corrected chi connectivity index (χ2v) is 10.7. The zero-order valence-corrected chi connectivity index (χ0v) is 20.8. The molecule has 1 aliphatic carbocycles. The Morgan fingerprint density at radius 2 is 1.72 bits per heavy atom. The monoisotopic (exact) mass is 505 g/mol. The van der Waals surface area contributed by atoms with E-state index in [1.165, 1.54) is 31.7 Å². The van der Waals surface area contributed by atoms with Gasteiger partial charge < -0.3 is 19.4 Å². The van der Waals surface area contributed by atoms with Crippen LogP contribution in [0.25, 0.3) is 0 Å². The van der Waals surface area contributed by atoms with Gasteiger partial charge in [0.25, 0.3) is 5.91 Å². The summed E-state index contributed by atoms with van der Waals surface area (Å²) < 4.78 is 45.2. The zero-order chi connectivity index (χ0) is 25.5. The first-order valence-electron chi connectivity index (χ1n) is 13.0. The minimum atomic E-state index is -4.40. The van der Waals surface area contributed by atoms with Crippen LogP contribution >= 0.6 is 0 Å². The van der Waals surface area contributed by atoms with Crippen LogP contribution in [0.1, 0.15) is 51.0 Å². The number of carbonyl (C=O) groups is 2. The number of alkyl halides is 3. The molecule has 4 aliphatic rings. The van der Waals surface area contributed by atoms with E-state index in [-0.39, 0.29) is 5.91 Å². The molecule has 0 N–H and O–H groups in total. The summed E-state index contributed by atoms with van der Waals surface area (Å²) in [4.78, 5) is 32.3. The van der Waals surface area contributed by atoms with Gasteiger partial charge in [-0.1, -0.05) is 18.9 Å². The lowest BCUT2D eigenvalue weighted by Crippen LogP contribution is -2.53. The summed E-state index contributed by atoms with van der Waals surface area (Å²) in [6.07, 6.45) is 2.02. The number of hydrogen-bond acceptors (Lipinski definition) is 5. The third kappa shape index (κ3) is 4.86. The lowest BCUT2D eigenvalue weighted by molar-refractivity contribution is -0.151. The Kier molecular flexibility index (Phi) is 6.78. The summed E-state index contributed by atoms with van der Waals surface area (Å²) in [5.41, 5.74) is -0.159. The van der Waals surface area contributed by atoms with Crippen molar-refractivity contribution in [2.24, 2.45) is 5.92 Å². The molecule has 5 rings (SSSR count). The number of halogens is 3. The standard InChI is InChI=1S/C27H34F3N3O3/c1-19-23(26(36-25(19)35)9-11-31(12-10-26)18-20-5-2-3-6-20)24(34)33-15-13-32(14-16-33)22-8-4-7-21(17-22)27(28,29)30/h4,7-8,17,20H,2-3,5-6,9-16,18H2,1H3. The number of ether oxygens (including phenoxy) is 1. The quantitative estimate of drug-likeness (QED) is 0.573. The van der Waals surface area contributed by atoms with Crippen molar-refractivity contribution in [2.75, 3.05) is 50.7 Å². The van der Waals surface area contributed by atoms with Crippen LogP contribution in [0, 0.1) is 5.92 Å². The van der Waals surface area contributed by atoms with Crippen LogP contribution in [0.5, 0.6) is 0 Å². The Bertz CT molecular complexity index is 1030. The molecule has 3 fully saturated rings. The molecule has 0 atom stereocenters. The molecule has 36 heavy (non-hydrogen) atoms. The molecule has 2 saturated heterocycles. The molecule has 0 unspecified atom stereocenters. The first-order chi connectivity index (χ1) is 17.2. The van der Waals surface area contributed by atoms with Crippen LogP contribution in [-0.4, -0.2) is 73.1 Å². The van der Waals surface area contributed by atoms with Crippen molar-refractivity contribution in [1.82, 2.24) is 9.80 Å². The Balaban J connectivity index is 1.24. The molecule has 3 heterocycles. The summed E-state index contributed by atoms with van der Waals surface area (Å²) in [5.74, 6) is 0.160. The van der Waals surface area contributed by atoms with Gasteiger partial charge in [0.2, 0.25) is 0 Å². The Morgan fingerprint density at radius 3 is 2.36 bits per heavy atom. The van der Waals surface area contributed by atoms with Gasteiger partial charge in [-0.3, -0.25) is 4.79 Å². The summed E-state index contributed by atoms with van der Waals surface area (Å²) in [5, 5.41) is 0. The number of esters is 1. The fourth-order valence-electron chi connectivity index (χ4n) is 6.32. The fourth-order valence-corrected chi connectivity index (χ4v) is 6.32. The third-order valence-corrected chi connectivity index (χ3v) is 8.40. The van der Waals surface area contributed by atoms with Gasteiger partial charge in [-0.25, -0.2) is 4.79 Å². The maximum absolute atomic E-state index is 13.7. The van der Waals surface area contributed by atoms with Gasteiger partial charge in [0, 0.05) is 69.9 Å². The summed E-state index contributed by atoms with van der Waals surface area (Å²) in [7, 11) is 0. The van der Waals surface area contributed by atoms with Crippen molar-refractivity contribution < 1.29 is 27.5 Å². The Labute approximate surface area is 210 Å². The molecular weight excluding hydrogens is 471 g/mol. The number of nitrogens with zero attached hydrogens (tertiary/aromatic N) is 3. The van der Waals surface area contributed by atoms with Crippen molar-refractivity contribution in [3.8, 4) is 0 Å². The van der Waals surface area contributed by atoms with Gasteiger partial charge in [-0.05, 0) is 43.9 Å². The second kappa shape index (κ2) is 9.72. The molecule has 9 heteroatoms. The van der Waals surface area contributed by atoms with E-state index in [9.17, 15) is 22.8 Å². The first kappa shape index (κ1) is 25.1. The first-order valence-corrected chi connectivity index (χ1v) is 13.0. The van der Waals surface area contributed by atoms with E-state index in [2.05, 4.69) is 4.90 Å². The lowest BCUT2D eigenvalue weighted by Gasteiger charge is -2.42. The normalized spacial score (nSPS) is 23.6. The minimum absolute atomic E-state index is 0.175. The molecule has 1 amide bonds. The number of carbonyl (C=O) groups excluding carboxylic acids is 2. The third-order valence-electron chi connectivity index (χ3n) is 8.40. The average molecular weight is 506 g/mol. The number of anilines is 1. The molecular formula is C27H34F3N3O3. The van der Waals surface area contributed by atoms with Crippen LogP contribution in [0.15, 0.2) is 35.4 Å². The highest BCUT2D eigenvalue weighted by molar-refractivity contribution is 6.07. The van der Waals surface area contributed by atoms with Gasteiger partial charge >= 0.3 is 12.1 Å². The molecule has 1 saturated carbocycles. The smallest absolute Gasteiger partial charge is 0.416 e. The van der Waals surface area contributed by atoms with Crippen molar-refractivity contribution in [3.63, 3.8) is 0 Å². The average Bonchev–Trinajstić information content (AvgIpc) is 3.46. The molecule has 1 spiro atoms. The number of benzene rings is 1. The van der Waals surface area contributed by atoms with Crippen LogP contribution in [0.2, 0.25) is 0 Å². The Morgan fingerprint density at radius 1 is 1.06 bits per heavy atom. The van der Waals surface area contributed by atoms with Crippen LogP contribution in [0.4, 0.5) is 18.9 Å².